The number of carboxylic acids is 1. The Labute approximate surface area is 77.3 Å². The first-order chi connectivity index (χ1) is 6.50. The highest BCUT2D eigenvalue weighted by atomic mass is 16.6. The van der Waals surface area contributed by atoms with Crippen LogP contribution in [0, 0.1) is 10.1 Å². The molecule has 0 bridgehead atoms. The van der Waals surface area contributed by atoms with Gasteiger partial charge in [0.25, 0.3) is 0 Å². The fourth-order valence-corrected chi connectivity index (χ4v) is 0.741. The summed E-state index contributed by atoms with van der Waals surface area (Å²) in [6.45, 7) is -0.157. The van der Waals surface area contributed by atoms with E-state index in [-0.39, 0.29) is 6.54 Å². The SMILES string of the molecule is NC(Cn1cc([N+](=O)[O-])nn1)C(=O)O. The van der Waals surface area contributed by atoms with Crippen molar-refractivity contribution in [2.24, 2.45) is 5.73 Å². The molecule has 0 fully saturated rings. The lowest BCUT2D eigenvalue weighted by Crippen LogP contribution is -2.34. The molecule has 0 aliphatic carbocycles. The maximum Gasteiger partial charge on any atom is 0.410 e. The monoisotopic (exact) mass is 201 g/mol. The Kier molecular flexibility index (Phi) is 2.72. The minimum atomic E-state index is -1.21. The maximum absolute atomic E-state index is 10.3. The lowest BCUT2D eigenvalue weighted by atomic mass is 10.3. The van der Waals surface area contributed by atoms with E-state index in [9.17, 15) is 14.9 Å². The van der Waals surface area contributed by atoms with Crippen LogP contribution in [0.4, 0.5) is 5.82 Å². The van der Waals surface area contributed by atoms with Crippen molar-refractivity contribution in [3.8, 4) is 0 Å². The summed E-state index contributed by atoms with van der Waals surface area (Å²) in [5.41, 5.74) is 5.18. The van der Waals surface area contributed by atoms with E-state index < -0.39 is 22.8 Å². The second kappa shape index (κ2) is 3.79. The second-order valence-electron chi connectivity index (χ2n) is 2.50. The van der Waals surface area contributed by atoms with Crippen LogP contribution < -0.4 is 5.73 Å². The Hall–Kier alpha value is -2.03. The van der Waals surface area contributed by atoms with Gasteiger partial charge in [-0.1, -0.05) is 0 Å². The van der Waals surface area contributed by atoms with Gasteiger partial charge in [0.1, 0.15) is 17.3 Å². The molecule has 0 saturated heterocycles. The van der Waals surface area contributed by atoms with Crippen LogP contribution >= 0.6 is 0 Å². The molecule has 1 heterocycles. The van der Waals surface area contributed by atoms with Crippen molar-refractivity contribution >= 4 is 11.8 Å². The average Bonchev–Trinajstić information content (AvgIpc) is 2.52. The van der Waals surface area contributed by atoms with Gasteiger partial charge in [0.15, 0.2) is 0 Å². The van der Waals surface area contributed by atoms with Gasteiger partial charge in [-0.25, -0.2) is 4.68 Å². The van der Waals surface area contributed by atoms with Crippen molar-refractivity contribution in [3.63, 3.8) is 0 Å². The number of nitrogens with zero attached hydrogens (tertiary/aromatic N) is 4. The predicted molar refractivity (Wildman–Crippen MR) is 42.3 cm³/mol. The van der Waals surface area contributed by atoms with Crippen molar-refractivity contribution in [2.75, 3.05) is 0 Å². The van der Waals surface area contributed by atoms with Crippen LogP contribution in [0.2, 0.25) is 0 Å². The zero-order valence-electron chi connectivity index (χ0n) is 6.90. The minimum Gasteiger partial charge on any atom is -0.480 e. The number of aliphatic carboxylic acids is 1. The normalized spacial score (nSPS) is 12.4. The number of nitrogens with two attached hydrogens (primary N) is 1. The maximum atomic E-state index is 10.3. The number of rotatable bonds is 4. The number of hydrogen-bond acceptors (Lipinski definition) is 6. The quantitative estimate of drug-likeness (QED) is 0.451. The van der Waals surface area contributed by atoms with Crippen LogP contribution in [0.3, 0.4) is 0 Å². The lowest BCUT2D eigenvalue weighted by Gasteiger charge is -2.02. The third kappa shape index (κ3) is 2.23. The van der Waals surface area contributed by atoms with Gasteiger partial charge in [0, 0.05) is 0 Å². The molecule has 1 atom stereocenters. The molecule has 0 aliphatic heterocycles. The van der Waals surface area contributed by atoms with E-state index in [1.165, 1.54) is 0 Å². The molecule has 76 valence electrons. The Morgan fingerprint density at radius 1 is 1.86 bits per heavy atom. The molecule has 0 amide bonds. The Bertz CT molecular complexity index is 361. The molecule has 1 aromatic rings. The summed E-state index contributed by atoms with van der Waals surface area (Å²) >= 11 is 0. The van der Waals surface area contributed by atoms with Crippen molar-refractivity contribution in [2.45, 2.75) is 12.6 Å². The number of nitro groups is 1. The van der Waals surface area contributed by atoms with Gasteiger partial charge >= 0.3 is 11.8 Å². The number of carbonyl (C=O) groups is 1. The zero-order chi connectivity index (χ0) is 10.7. The summed E-state index contributed by atoms with van der Waals surface area (Å²) in [5, 5.41) is 25.1. The molecule has 0 aliphatic rings. The van der Waals surface area contributed by atoms with Gasteiger partial charge in [-0.2, -0.15) is 0 Å². The summed E-state index contributed by atoms with van der Waals surface area (Å²) < 4.78 is 1.01. The van der Waals surface area contributed by atoms with Gasteiger partial charge in [0.05, 0.1) is 11.8 Å². The summed E-state index contributed by atoms with van der Waals surface area (Å²) in [6, 6.07) is -1.16. The van der Waals surface area contributed by atoms with E-state index in [0.29, 0.717) is 0 Å². The van der Waals surface area contributed by atoms with Crippen LogP contribution in [0.1, 0.15) is 0 Å². The smallest absolute Gasteiger partial charge is 0.410 e. The first-order valence-corrected chi connectivity index (χ1v) is 3.53. The highest BCUT2D eigenvalue weighted by Crippen LogP contribution is 2.03. The fourth-order valence-electron chi connectivity index (χ4n) is 0.741. The molecule has 1 aromatic heterocycles. The molecule has 3 N–H and O–H groups in total. The molecule has 9 nitrogen and oxygen atoms in total. The van der Waals surface area contributed by atoms with Crippen LogP contribution in [0.25, 0.3) is 0 Å². The summed E-state index contributed by atoms with van der Waals surface area (Å²) in [7, 11) is 0. The second-order valence-corrected chi connectivity index (χ2v) is 2.50. The van der Waals surface area contributed by atoms with Gasteiger partial charge in [-0.3, -0.25) is 4.79 Å². The van der Waals surface area contributed by atoms with Crippen molar-refractivity contribution in [1.82, 2.24) is 15.0 Å². The molecule has 1 unspecified atom stereocenters. The molecular formula is C5H7N5O4. The van der Waals surface area contributed by atoms with E-state index >= 15 is 0 Å². The number of carboxylic acid groups (broad SMARTS) is 1. The molecular weight excluding hydrogens is 194 g/mol. The van der Waals surface area contributed by atoms with Gasteiger partial charge in [0.2, 0.25) is 0 Å². The molecule has 0 radical (unpaired) electrons. The fraction of sp³-hybridized carbons (Fsp3) is 0.400. The van der Waals surface area contributed by atoms with E-state index in [2.05, 4.69) is 10.3 Å². The number of aromatic nitrogens is 3. The zero-order valence-corrected chi connectivity index (χ0v) is 6.90. The molecule has 0 spiro atoms. The Morgan fingerprint density at radius 2 is 2.50 bits per heavy atom. The van der Waals surface area contributed by atoms with Crippen LogP contribution in [-0.2, 0) is 11.3 Å². The standard InChI is InChI=1S/C5H7N5O4/c6-3(5(11)12)1-9-2-4(7-8-9)10(13)14/h2-3H,1,6H2,(H,11,12). The first kappa shape index (κ1) is 10.1. The Balaban J connectivity index is 2.69. The summed E-state index contributed by atoms with van der Waals surface area (Å²) in [4.78, 5) is 19.8. The third-order valence-electron chi connectivity index (χ3n) is 1.41. The van der Waals surface area contributed by atoms with Gasteiger partial charge in [-0.15, -0.1) is 0 Å². The van der Waals surface area contributed by atoms with Crippen molar-refractivity contribution in [1.29, 1.82) is 0 Å². The molecule has 0 aromatic carbocycles. The van der Waals surface area contributed by atoms with Crippen LogP contribution in [0.15, 0.2) is 6.20 Å². The average molecular weight is 201 g/mol. The van der Waals surface area contributed by atoms with E-state index in [0.717, 1.165) is 10.9 Å². The van der Waals surface area contributed by atoms with Gasteiger partial charge < -0.3 is 21.0 Å². The van der Waals surface area contributed by atoms with Crippen LogP contribution in [-0.4, -0.2) is 37.0 Å². The number of hydrogen-bond donors (Lipinski definition) is 2. The van der Waals surface area contributed by atoms with E-state index in [1.54, 1.807) is 0 Å². The van der Waals surface area contributed by atoms with E-state index in [4.69, 9.17) is 10.8 Å². The van der Waals surface area contributed by atoms with Gasteiger partial charge in [-0.05, 0) is 4.92 Å². The van der Waals surface area contributed by atoms with Crippen molar-refractivity contribution < 1.29 is 14.8 Å². The predicted octanol–water partition coefficient (Wildman–Crippen LogP) is -1.40. The third-order valence-corrected chi connectivity index (χ3v) is 1.41. The topological polar surface area (TPSA) is 137 Å². The minimum absolute atomic E-state index is 0.157. The largest absolute Gasteiger partial charge is 0.480 e. The Morgan fingerprint density at radius 3 is 2.93 bits per heavy atom. The highest BCUT2D eigenvalue weighted by molar-refractivity contribution is 5.72. The first-order valence-electron chi connectivity index (χ1n) is 3.53. The molecule has 14 heavy (non-hydrogen) atoms. The summed E-state index contributed by atoms with van der Waals surface area (Å²) in [6.07, 6.45) is 1.02. The molecule has 1 rings (SSSR count). The highest BCUT2D eigenvalue weighted by Gasteiger charge is 2.17. The van der Waals surface area contributed by atoms with Crippen LogP contribution in [0.5, 0.6) is 0 Å². The molecule has 0 saturated carbocycles. The molecule has 9 heteroatoms. The lowest BCUT2D eigenvalue weighted by molar-refractivity contribution is -0.389. The van der Waals surface area contributed by atoms with Crippen molar-refractivity contribution in [3.05, 3.63) is 16.3 Å². The summed E-state index contributed by atoms with van der Waals surface area (Å²) in [5.74, 6) is -1.65. The van der Waals surface area contributed by atoms with E-state index in [1.807, 2.05) is 0 Å².